The Morgan fingerprint density at radius 3 is 2.78 bits per heavy atom. The minimum atomic E-state index is -0.477. The molecule has 2 fully saturated rings. The molecule has 2 aliphatic heterocycles. The van der Waals surface area contributed by atoms with Crippen molar-refractivity contribution >= 4 is 17.9 Å². The molecule has 8 heteroatoms. The van der Waals surface area contributed by atoms with Gasteiger partial charge in [-0.1, -0.05) is 0 Å². The maximum Gasteiger partial charge on any atom is 0.325 e. The van der Waals surface area contributed by atoms with E-state index in [4.69, 9.17) is 5.11 Å². The second-order valence-electron chi connectivity index (χ2n) is 4.15. The number of nitrogens with one attached hydrogen (secondary N) is 2. The predicted octanol–water partition coefficient (Wildman–Crippen LogP) is -1.86. The van der Waals surface area contributed by atoms with Crippen LogP contribution in [-0.4, -0.2) is 71.8 Å². The summed E-state index contributed by atoms with van der Waals surface area (Å²) in [6.45, 7) is 2.70. The number of aliphatic hydroxyl groups excluding tert-OH is 1. The summed E-state index contributed by atoms with van der Waals surface area (Å²) in [4.78, 5) is 30.8. The zero-order valence-corrected chi connectivity index (χ0v) is 10.4. The van der Waals surface area contributed by atoms with E-state index in [2.05, 4.69) is 15.6 Å². The van der Waals surface area contributed by atoms with E-state index in [0.29, 0.717) is 12.5 Å². The Labute approximate surface area is 105 Å². The molecule has 0 radical (unpaired) electrons. The SMILES string of the molecule is CCN1C(=NCCO)NC2C1C(=O)NC(=O)N2C. The molecule has 2 heterocycles. The third-order valence-electron chi connectivity index (χ3n) is 3.12. The molecular formula is C10H17N5O3. The van der Waals surface area contributed by atoms with Gasteiger partial charge in [-0.15, -0.1) is 0 Å². The van der Waals surface area contributed by atoms with Crippen molar-refractivity contribution in [3.8, 4) is 0 Å². The van der Waals surface area contributed by atoms with Crippen molar-refractivity contribution in [1.82, 2.24) is 20.4 Å². The number of aliphatic imine (C=N–C) groups is 1. The zero-order valence-electron chi connectivity index (χ0n) is 10.4. The van der Waals surface area contributed by atoms with Crippen LogP contribution >= 0.6 is 0 Å². The third-order valence-corrected chi connectivity index (χ3v) is 3.12. The molecule has 2 unspecified atom stereocenters. The van der Waals surface area contributed by atoms with E-state index in [-0.39, 0.29) is 19.1 Å². The average molecular weight is 255 g/mol. The molecule has 0 aliphatic carbocycles. The summed E-state index contributed by atoms with van der Waals surface area (Å²) in [5, 5.41) is 14.1. The summed E-state index contributed by atoms with van der Waals surface area (Å²) in [6, 6.07) is -0.900. The molecule has 0 spiro atoms. The molecule has 2 rings (SSSR count). The first-order valence-electron chi connectivity index (χ1n) is 5.86. The Bertz CT molecular complexity index is 397. The van der Waals surface area contributed by atoms with Crippen LogP contribution in [0.1, 0.15) is 6.92 Å². The van der Waals surface area contributed by atoms with Gasteiger partial charge < -0.3 is 20.2 Å². The number of carbonyl (C=O) groups excluding carboxylic acids is 2. The normalized spacial score (nSPS) is 29.4. The average Bonchev–Trinajstić information content (AvgIpc) is 2.72. The van der Waals surface area contributed by atoms with Gasteiger partial charge in [0.2, 0.25) is 0 Å². The molecular weight excluding hydrogens is 238 g/mol. The van der Waals surface area contributed by atoms with Crippen molar-refractivity contribution in [2.45, 2.75) is 19.1 Å². The molecule has 0 aromatic rings. The number of guanidine groups is 1. The zero-order chi connectivity index (χ0) is 13.3. The van der Waals surface area contributed by atoms with Gasteiger partial charge in [-0.05, 0) is 6.92 Å². The molecule has 8 nitrogen and oxygen atoms in total. The van der Waals surface area contributed by atoms with E-state index >= 15 is 0 Å². The van der Waals surface area contributed by atoms with Gasteiger partial charge in [0, 0.05) is 13.6 Å². The molecule has 0 aromatic heterocycles. The Balaban J connectivity index is 2.27. The topological polar surface area (TPSA) is 97.3 Å². The number of nitrogens with zero attached hydrogens (tertiary/aromatic N) is 3. The lowest BCUT2D eigenvalue weighted by Gasteiger charge is -2.34. The molecule has 0 aromatic carbocycles. The Kier molecular flexibility index (Phi) is 3.37. The second-order valence-corrected chi connectivity index (χ2v) is 4.15. The van der Waals surface area contributed by atoms with E-state index < -0.39 is 18.2 Å². The number of likely N-dealkylation sites (N-methyl/N-ethyl adjacent to an activating group) is 2. The van der Waals surface area contributed by atoms with Gasteiger partial charge in [0.05, 0.1) is 13.2 Å². The summed E-state index contributed by atoms with van der Waals surface area (Å²) >= 11 is 0. The summed E-state index contributed by atoms with van der Waals surface area (Å²) < 4.78 is 0. The molecule has 0 bridgehead atoms. The van der Waals surface area contributed by atoms with Gasteiger partial charge in [-0.2, -0.15) is 0 Å². The Hall–Kier alpha value is -1.83. The van der Waals surface area contributed by atoms with E-state index in [1.807, 2.05) is 6.92 Å². The van der Waals surface area contributed by atoms with E-state index in [9.17, 15) is 9.59 Å². The van der Waals surface area contributed by atoms with Crippen LogP contribution in [0.25, 0.3) is 0 Å². The van der Waals surface area contributed by atoms with Crippen LogP contribution in [0.2, 0.25) is 0 Å². The largest absolute Gasteiger partial charge is 0.394 e. The molecule has 2 saturated heterocycles. The number of fused-ring (bicyclic) bond motifs is 1. The highest BCUT2D eigenvalue weighted by atomic mass is 16.3. The fraction of sp³-hybridized carbons (Fsp3) is 0.700. The molecule has 3 N–H and O–H groups in total. The monoisotopic (exact) mass is 255 g/mol. The summed E-state index contributed by atoms with van der Waals surface area (Å²) in [6.07, 6.45) is -0.413. The van der Waals surface area contributed by atoms with Crippen LogP contribution in [0.3, 0.4) is 0 Å². The second kappa shape index (κ2) is 4.81. The lowest BCUT2D eigenvalue weighted by Crippen LogP contribution is -2.64. The van der Waals surface area contributed by atoms with Crippen LogP contribution in [-0.2, 0) is 4.79 Å². The molecule has 18 heavy (non-hydrogen) atoms. The quantitative estimate of drug-likeness (QED) is 0.549. The van der Waals surface area contributed by atoms with Crippen molar-refractivity contribution in [1.29, 1.82) is 0 Å². The van der Waals surface area contributed by atoms with Crippen LogP contribution in [0.5, 0.6) is 0 Å². The van der Waals surface area contributed by atoms with Crippen LogP contribution in [0.4, 0.5) is 4.79 Å². The first kappa shape index (κ1) is 12.6. The van der Waals surface area contributed by atoms with Crippen LogP contribution in [0.15, 0.2) is 4.99 Å². The minimum Gasteiger partial charge on any atom is -0.394 e. The first-order chi connectivity index (χ1) is 8.60. The van der Waals surface area contributed by atoms with Gasteiger partial charge in [-0.25, -0.2) is 4.79 Å². The van der Waals surface area contributed by atoms with Crippen molar-refractivity contribution in [2.75, 3.05) is 26.7 Å². The Morgan fingerprint density at radius 2 is 2.17 bits per heavy atom. The van der Waals surface area contributed by atoms with E-state index in [1.54, 1.807) is 11.9 Å². The molecule has 100 valence electrons. The van der Waals surface area contributed by atoms with Crippen LogP contribution in [0, 0.1) is 0 Å². The summed E-state index contributed by atoms with van der Waals surface area (Å²) in [7, 11) is 1.62. The third kappa shape index (κ3) is 1.88. The molecule has 0 saturated carbocycles. The smallest absolute Gasteiger partial charge is 0.325 e. The van der Waals surface area contributed by atoms with Crippen molar-refractivity contribution in [2.24, 2.45) is 4.99 Å². The fourth-order valence-corrected chi connectivity index (χ4v) is 2.22. The number of urea groups is 1. The number of carbonyl (C=O) groups is 2. The lowest BCUT2D eigenvalue weighted by atomic mass is 10.1. The number of hydrogen-bond acceptors (Lipinski definition) is 4. The number of hydrogen-bond donors (Lipinski definition) is 3. The standard InChI is InChI=1S/C10H17N5O3/c1-3-15-6-7(12-9(15)11-4-5-16)14(2)10(18)13-8(6)17/h6-7,16H,3-5H2,1-2H3,(H,11,12)(H,13,17,18). The highest BCUT2D eigenvalue weighted by molar-refractivity contribution is 6.04. The number of imide groups is 1. The van der Waals surface area contributed by atoms with Crippen molar-refractivity contribution < 1.29 is 14.7 Å². The highest BCUT2D eigenvalue weighted by Gasteiger charge is 2.49. The van der Waals surface area contributed by atoms with Crippen LogP contribution < -0.4 is 10.6 Å². The molecule has 3 amide bonds. The van der Waals surface area contributed by atoms with Crippen molar-refractivity contribution in [3.05, 3.63) is 0 Å². The number of amides is 3. The first-order valence-corrected chi connectivity index (χ1v) is 5.86. The summed E-state index contributed by atoms with van der Waals surface area (Å²) in [5.41, 5.74) is 0. The highest BCUT2D eigenvalue weighted by Crippen LogP contribution is 2.19. The number of aliphatic hydroxyl groups is 1. The maximum absolute atomic E-state index is 11.9. The van der Waals surface area contributed by atoms with Crippen molar-refractivity contribution in [3.63, 3.8) is 0 Å². The summed E-state index contributed by atoms with van der Waals surface area (Å²) in [5.74, 6) is 0.213. The van der Waals surface area contributed by atoms with Gasteiger partial charge in [0.1, 0.15) is 6.17 Å². The van der Waals surface area contributed by atoms with E-state index in [0.717, 1.165) is 0 Å². The molecule has 2 atom stereocenters. The lowest BCUT2D eigenvalue weighted by molar-refractivity contribution is -0.127. The van der Waals surface area contributed by atoms with Gasteiger partial charge in [-0.3, -0.25) is 15.1 Å². The predicted molar refractivity (Wildman–Crippen MR) is 63.8 cm³/mol. The number of rotatable bonds is 3. The maximum atomic E-state index is 11.9. The minimum absolute atomic E-state index is 0.0565. The van der Waals surface area contributed by atoms with Gasteiger partial charge >= 0.3 is 6.03 Å². The Morgan fingerprint density at radius 1 is 1.44 bits per heavy atom. The molecule has 2 aliphatic rings. The fourth-order valence-electron chi connectivity index (χ4n) is 2.22. The van der Waals surface area contributed by atoms with Gasteiger partial charge in [0.25, 0.3) is 5.91 Å². The van der Waals surface area contributed by atoms with E-state index in [1.165, 1.54) is 4.90 Å². The van der Waals surface area contributed by atoms with Gasteiger partial charge in [0.15, 0.2) is 12.0 Å².